The summed E-state index contributed by atoms with van der Waals surface area (Å²) in [6.45, 7) is 4.41. The number of para-hydroxylation sites is 1. The SMILES string of the molecule is CCCCCOC(=O)c1ccc(NC(=O)c2c(C(=O)Nc3ccccc3)sc3nc(CCC)cc(=O)n23)cc1. The number of hydrogen-bond donors (Lipinski definition) is 2. The first-order valence-corrected chi connectivity index (χ1v) is 13.7. The van der Waals surface area contributed by atoms with E-state index in [0.29, 0.717) is 35.7 Å². The van der Waals surface area contributed by atoms with Gasteiger partial charge in [-0.25, -0.2) is 14.2 Å². The molecule has 4 rings (SSSR count). The van der Waals surface area contributed by atoms with Gasteiger partial charge in [-0.1, -0.05) is 62.6 Å². The van der Waals surface area contributed by atoms with Crippen LogP contribution in [0.5, 0.6) is 0 Å². The van der Waals surface area contributed by atoms with Gasteiger partial charge in [0.25, 0.3) is 17.4 Å². The summed E-state index contributed by atoms with van der Waals surface area (Å²) in [4.78, 5) is 56.9. The summed E-state index contributed by atoms with van der Waals surface area (Å²) in [5.41, 5.74) is 1.35. The van der Waals surface area contributed by atoms with Crippen molar-refractivity contribution >= 4 is 45.5 Å². The molecule has 0 saturated carbocycles. The number of hydrogen-bond acceptors (Lipinski definition) is 7. The summed E-state index contributed by atoms with van der Waals surface area (Å²) in [6, 6.07) is 16.5. The monoisotopic (exact) mass is 546 g/mol. The van der Waals surface area contributed by atoms with Gasteiger partial charge in [-0.05, 0) is 49.2 Å². The van der Waals surface area contributed by atoms with Crippen LogP contribution in [-0.2, 0) is 11.2 Å². The van der Waals surface area contributed by atoms with Crippen LogP contribution >= 0.6 is 11.3 Å². The molecule has 0 aliphatic heterocycles. The van der Waals surface area contributed by atoms with Crippen LogP contribution in [0, 0.1) is 0 Å². The molecule has 2 N–H and O–H groups in total. The average Bonchev–Trinajstić information content (AvgIpc) is 3.33. The number of fused-ring (bicyclic) bond motifs is 1. The summed E-state index contributed by atoms with van der Waals surface area (Å²) in [5, 5.41) is 5.52. The molecule has 0 aliphatic carbocycles. The number of aryl methyl sites for hydroxylation is 1. The molecular formula is C29H30N4O5S. The first kappa shape index (κ1) is 27.7. The predicted octanol–water partition coefficient (Wildman–Crippen LogP) is 5.56. The van der Waals surface area contributed by atoms with Gasteiger partial charge in [0.15, 0.2) is 4.96 Å². The highest BCUT2D eigenvalue weighted by Crippen LogP contribution is 2.24. The molecule has 0 unspecified atom stereocenters. The van der Waals surface area contributed by atoms with E-state index >= 15 is 0 Å². The lowest BCUT2D eigenvalue weighted by molar-refractivity contribution is 0.0498. The molecule has 0 fully saturated rings. The van der Waals surface area contributed by atoms with Crippen molar-refractivity contribution in [3.63, 3.8) is 0 Å². The van der Waals surface area contributed by atoms with Crippen molar-refractivity contribution in [1.29, 1.82) is 0 Å². The molecule has 0 aliphatic rings. The number of nitrogens with zero attached hydrogens (tertiary/aromatic N) is 2. The molecule has 2 amide bonds. The first-order valence-electron chi connectivity index (χ1n) is 12.9. The normalized spacial score (nSPS) is 10.8. The molecule has 0 atom stereocenters. The molecular weight excluding hydrogens is 516 g/mol. The van der Waals surface area contributed by atoms with E-state index in [9.17, 15) is 19.2 Å². The molecule has 0 saturated heterocycles. The molecule has 9 nitrogen and oxygen atoms in total. The van der Waals surface area contributed by atoms with E-state index in [2.05, 4.69) is 22.5 Å². The van der Waals surface area contributed by atoms with E-state index in [1.54, 1.807) is 48.5 Å². The Morgan fingerprint density at radius 1 is 0.897 bits per heavy atom. The summed E-state index contributed by atoms with van der Waals surface area (Å²) < 4.78 is 6.44. The predicted molar refractivity (Wildman–Crippen MR) is 152 cm³/mol. The topological polar surface area (TPSA) is 119 Å². The van der Waals surface area contributed by atoms with Crippen molar-refractivity contribution < 1.29 is 19.1 Å². The summed E-state index contributed by atoms with van der Waals surface area (Å²) >= 11 is 0.979. The fourth-order valence-corrected chi connectivity index (χ4v) is 5.00. The highest BCUT2D eigenvalue weighted by molar-refractivity contribution is 7.19. The van der Waals surface area contributed by atoms with Crippen LogP contribution in [0.25, 0.3) is 4.96 Å². The van der Waals surface area contributed by atoms with Gasteiger partial charge in [-0.2, -0.15) is 0 Å². The summed E-state index contributed by atoms with van der Waals surface area (Å²) in [5.74, 6) is -1.62. The van der Waals surface area contributed by atoms with Gasteiger partial charge in [0.1, 0.15) is 10.6 Å². The van der Waals surface area contributed by atoms with Crippen molar-refractivity contribution in [2.45, 2.75) is 46.0 Å². The zero-order valence-corrected chi connectivity index (χ0v) is 22.7. The van der Waals surface area contributed by atoms with Gasteiger partial charge >= 0.3 is 5.97 Å². The smallest absolute Gasteiger partial charge is 0.338 e. The average molecular weight is 547 g/mol. The number of esters is 1. The molecule has 0 spiro atoms. The number of aromatic nitrogens is 2. The molecule has 2 heterocycles. The van der Waals surface area contributed by atoms with Gasteiger partial charge in [-0.3, -0.25) is 14.4 Å². The third kappa shape index (κ3) is 6.77. The van der Waals surface area contributed by atoms with E-state index in [1.807, 2.05) is 13.0 Å². The van der Waals surface area contributed by atoms with Gasteiger partial charge in [0.2, 0.25) is 0 Å². The molecule has 39 heavy (non-hydrogen) atoms. The number of thiazole rings is 1. The fourth-order valence-electron chi connectivity index (χ4n) is 3.95. The molecule has 4 aromatic rings. The van der Waals surface area contributed by atoms with E-state index in [4.69, 9.17) is 4.74 Å². The van der Waals surface area contributed by atoms with Crippen molar-refractivity contribution in [1.82, 2.24) is 9.38 Å². The highest BCUT2D eigenvalue weighted by Gasteiger charge is 2.26. The maximum absolute atomic E-state index is 13.5. The van der Waals surface area contributed by atoms with Crippen molar-refractivity contribution in [2.75, 3.05) is 17.2 Å². The van der Waals surface area contributed by atoms with E-state index < -0.39 is 23.3 Å². The summed E-state index contributed by atoms with van der Waals surface area (Å²) in [7, 11) is 0. The fraction of sp³-hybridized carbons (Fsp3) is 0.276. The Morgan fingerprint density at radius 2 is 1.59 bits per heavy atom. The van der Waals surface area contributed by atoms with Crippen LogP contribution in [0.15, 0.2) is 65.5 Å². The third-order valence-corrected chi connectivity index (χ3v) is 6.93. The Bertz CT molecular complexity index is 1530. The minimum atomic E-state index is -0.651. The van der Waals surface area contributed by atoms with Gasteiger partial charge < -0.3 is 15.4 Å². The van der Waals surface area contributed by atoms with Crippen molar-refractivity contribution in [2.24, 2.45) is 0 Å². The molecule has 2 aromatic heterocycles. The number of rotatable bonds is 11. The lowest BCUT2D eigenvalue weighted by Gasteiger charge is -2.09. The Morgan fingerprint density at radius 3 is 2.28 bits per heavy atom. The number of anilines is 2. The third-order valence-electron chi connectivity index (χ3n) is 5.89. The van der Waals surface area contributed by atoms with Crippen LogP contribution in [0.3, 0.4) is 0 Å². The number of ether oxygens (including phenoxy) is 1. The molecule has 0 bridgehead atoms. The second kappa shape index (κ2) is 13.0. The van der Waals surface area contributed by atoms with Crippen LogP contribution in [0.2, 0.25) is 0 Å². The van der Waals surface area contributed by atoms with Crippen LogP contribution in [-0.4, -0.2) is 33.8 Å². The number of carbonyl (C=O) groups excluding carboxylic acids is 3. The van der Waals surface area contributed by atoms with Crippen molar-refractivity contribution in [3.8, 4) is 0 Å². The molecule has 10 heteroatoms. The van der Waals surface area contributed by atoms with Crippen LogP contribution in [0.4, 0.5) is 11.4 Å². The highest BCUT2D eigenvalue weighted by atomic mass is 32.1. The number of carbonyl (C=O) groups is 3. The van der Waals surface area contributed by atoms with Gasteiger partial charge in [0, 0.05) is 23.1 Å². The maximum Gasteiger partial charge on any atom is 0.338 e. The summed E-state index contributed by atoms with van der Waals surface area (Å²) in [6.07, 6.45) is 4.22. The van der Waals surface area contributed by atoms with E-state index in [1.165, 1.54) is 10.5 Å². The largest absolute Gasteiger partial charge is 0.462 e. The number of unbranched alkanes of at least 4 members (excludes halogenated alkanes) is 2. The Labute approximate surface area is 229 Å². The molecule has 2 aromatic carbocycles. The quantitative estimate of drug-likeness (QED) is 0.188. The number of benzene rings is 2. The standard InChI is InChI=1S/C29H30N4O5S/c1-3-5-9-17-38-28(37)19-13-15-21(16-14-19)30-26(35)24-25(27(36)31-20-11-7-6-8-12-20)39-29-32-22(10-4-2)18-23(34)33(24)29/h6-8,11-16,18H,3-5,9-10,17H2,1-2H3,(H,30,35)(H,31,36). The zero-order valence-electron chi connectivity index (χ0n) is 21.9. The maximum atomic E-state index is 13.5. The Hall–Kier alpha value is -4.31. The molecule has 202 valence electrons. The second-order valence-electron chi connectivity index (χ2n) is 8.93. The lowest BCUT2D eigenvalue weighted by atomic mass is 10.2. The van der Waals surface area contributed by atoms with E-state index in [-0.39, 0.29) is 15.5 Å². The lowest BCUT2D eigenvalue weighted by Crippen LogP contribution is -2.25. The number of nitrogens with one attached hydrogen (secondary N) is 2. The van der Waals surface area contributed by atoms with E-state index in [0.717, 1.165) is 37.0 Å². The van der Waals surface area contributed by atoms with Gasteiger partial charge in [-0.15, -0.1) is 0 Å². The number of amides is 2. The zero-order chi connectivity index (χ0) is 27.8. The van der Waals surface area contributed by atoms with Crippen molar-refractivity contribution in [3.05, 3.63) is 92.8 Å². The van der Waals surface area contributed by atoms with Crippen LogP contribution < -0.4 is 16.2 Å². The Balaban J connectivity index is 1.62. The minimum absolute atomic E-state index is 0.0573. The molecule has 0 radical (unpaired) electrons. The minimum Gasteiger partial charge on any atom is -0.462 e. The second-order valence-corrected chi connectivity index (χ2v) is 9.91. The Kier molecular flexibility index (Phi) is 9.22. The first-order chi connectivity index (χ1) is 18.9. The van der Waals surface area contributed by atoms with Crippen LogP contribution in [0.1, 0.15) is 75.7 Å². The van der Waals surface area contributed by atoms with Gasteiger partial charge in [0.05, 0.1) is 12.2 Å².